The number of anilines is 1. The van der Waals surface area contributed by atoms with E-state index in [4.69, 9.17) is 11.6 Å². The molecule has 2 nitrogen and oxygen atoms in total. The first-order valence-electron chi connectivity index (χ1n) is 6.13. The van der Waals surface area contributed by atoms with Crippen LogP contribution in [0.2, 0.25) is 5.02 Å². The van der Waals surface area contributed by atoms with Gasteiger partial charge in [-0.1, -0.05) is 29.8 Å². The molecule has 1 atom stereocenters. The molecule has 2 aromatic carbocycles. The lowest BCUT2D eigenvalue weighted by Crippen LogP contribution is -2.20. The predicted molar refractivity (Wildman–Crippen MR) is 87.7 cm³/mol. The zero-order valence-electron chi connectivity index (χ0n) is 10.4. The van der Waals surface area contributed by atoms with E-state index in [9.17, 15) is 4.79 Å². The van der Waals surface area contributed by atoms with Crippen LogP contribution in [0.1, 0.15) is 11.5 Å². The number of carbonyl (C=O) groups is 1. The summed E-state index contributed by atoms with van der Waals surface area (Å²) in [6.45, 7) is 0. The molecule has 1 N–H and O–H groups in total. The third-order valence-corrected chi connectivity index (χ3v) is 5.60. The lowest BCUT2D eigenvalue weighted by molar-refractivity contribution is -0.117. The van der Waals surface area contributed by atoms with E-state index in [-0.39, 0.29) is 11.8 Å². The summed E-state index contributed by atoms with van der Waals surface area (Å²) in [5.41, 5.74) is 1.86. The van der Waals surface area contributed by atoms with Gasteiger partial charge in [0.05, 0.1) is 10.9 Å². The highest BCUT2D eigenvalue weighted by molar-refractivity contribution is 9.10. The smallest absolute Gasteiger partial charge is 0.232 e. The Morgan fingerprint density at radius 2 is 2.10 bits per heavy atom. The molecule has 0 saturated carbocycles. The Balaban J connectivity index is 1.79. The number of fused-ring (bicyclic) bond motifs is 1. The monoisotopic (exact) mass is 367 g/mol. The summed E-state index contributed by atoms with van der Waals surface area (Å²) < 4.78 is 0.776. The van der Waals surface area contributed by atoms with Crippen molar-refractivity contribution in [3.8, 4) is 0 Å². The number of hydrogen-bond acceptors (Lipinski definition) is 2. The molecule has 1 amide bonds. The second kappa shape index (κ2) is 5.80. The number of rotatable bonds is 2. The lowest BCUT2D eigenvalue weighted by Gasteiger charge is -2.12. The van der Waals surface area contributed by atoms with Crippen LogP contribution in [0.5, 0.6) is 0 Å². The van der Waals surface area contributed by atoms with E-state index >= 15 is 0 Å². The number of hydrogen-bond donors (Lipinski definition) is 1. The molecule has 0 fully saturated rings. The van der Waals surface area contributed by atoms with Crippen molar-refractivity contribution in [2.24, 2.45) is 0 Å². The molecule has 0 bridgehead atoms. The summed E-state index contributed by atoms with van der Waals surface area (Å²) >= 11 is 11.0. The number of benzene rings is 2. The SMILES string of the molecule is O=C(Nc1ccc(Cl)c(Br)c1)C1CSc2ccccc21. The molecular formula is C15H11BrClNOS. The molecule has 3 rings (SSSR count). The van der Waals surface area contributed by atoms with Gasteiger partial charge in [-0.15, -0.1) is 11.8 Å². The van der Waals surface area contributed by atoms with Crippen LogP contribution in [0.15, 0.2) is 51.8 Å². The fraction of sp³-hybridized carbons (Fsp3) is 0.133. The second-order valence-corrected chi connectivity index (χ2v) is 6.84. The van der Waals surface area contributed by atoms with Gasteiger partial charge < -0.3 is 5.32 Å². The van der Waals surface area contributed by atoms with Crippen LogP contribution in [0, 0.1) is 0 Å². The minimum Gasteiger partial charge on any atom is -0.325 e. The van der Waals surface area contributed by atoms with Gasteiger partial charge in [0.1, 0.15) is 0 Å². The van der Waals surface area contributed by atoms with Gasteiger partial charge in [-0.25, -0.2) is 0 Å². The van der Waals surface area contributed by atoms with E-state index in [0.717, 1.165) is 21.5 Å². The Bertz CT molecular complexity index is 677. The average Bonchev–Trinajstić information content (AvgIpc) is 2.87. The van der Waals surface area contributed by atoms with E-state index in [1.165, 1.54) is 4.90 Å². The standard InChI is InChI=1S/C15H11BrClNOS/c16-12-7-9(5-6-13(12)17)18-15(19)11-8-20-14-4-2-1-3-10(11)14/h1-7,11H,8H2,(H,18,19). The molecule has 0 radical (unpaired) electrons. The zero-order chi connectivity index (χ0) is 14.1. The molecule has 1 aliphatic rings. The van der Waals surface area contributed by atoms with E-state index in [2.05, 4.69) is 27.3 Å². The average molecular weight is 369 g/mol. The van der Waals surface area contributed by atoms with Gasteiger partial charge >= 0.3 is 0 Å². The minimum absolute atomic E-state index is 0.0247. The first-order chi connectivity index (χ1) is 9.65. The Kier molecular flexibility index (Phi) is 4.06. The highest BCUT2D eigenvalue weighted by atomic mass is 79.9. The van der Waals surface area contributed by atoms with Crippen molar-refractivity contribution in [1.29, 1.82) is 0 Å². The van der Waals surface area contributed by atoms with E-state index in [1.54, 1.807) is 23.9 Å². The molecule has 5 heteroatoms. The van der Waals surface area contributed by atoms with Gasteiger partial charge in [0.2, 0.25) is 5.91 Å². The van der Waals surface area contributed by atoms with Crippen molar-refractivity contribution in [2.75, 3.05) is 11.1 Å². The lowest BCUT2D eigenvalue weighted by atomic mass is 10.0. The number of halogens is 2. The maximum Gasteiger partial charge on any atom is 0.232 e. The third-order valence-electron chi connectivity index (χ3n) is 3.20. The van der Waals surface area contributed by atoms with Crippen LogP contribution in [0.4, 0.5) is 5.69 Å². The molecule has 1 heterocycles. The predicted octanol–water partition coefficient (Wildman–Crippen LogP) is 4.93. The number of amides is 1. The summed E-state index contributed by atoms with van der Waals surface area (Å²) in [5.74, 6) is 0.724. The molecule has 0 aliphatic carbocycles. The summed E-state index contributed by atoms with van der Waals surface area (Å²) in [5, 5.41) is 3.58. The van der Waals surface area contributed by atoms with E-state index in [1.807, 2.05) is 24.3 Å². The van der Waals surface area contributed by atoms with Crippen LogP contribution in [-0.2, 0) is 4.79 Å². The molecule has 20 heavy (non-hydrogen) atoms. The van der Waals surface area contributed by atoms with Gasteiger partial charge in [0.15, 0.2) is 0 Å². The van der Waals surface area contributed by atoms with Crippen molar-refractivity contribution in [2.45, 2.75) is 10.8 Å². The Morgan fingerprint density at radius 3 is 2.90 bits per heavy atom. The van der Waals surface area contributed by atoms with Crippen LogP contribution in [-0.4, -0.2) is 11.7 Å². The molecule has 1 aliphatic heterocycles. The topological polar surface area (TPSA) is 29.1 Å². The molecule has 1 unspecified atom stereocenters. The Hall–Kier alpha value is -0.970. The minimum atomic E-state index is -0.0920. The van der Waals surface area contributed by atoms with E-state index in [0.29, 0.717) is 5.02 Å². The normalized spacial score (nSPS) is 16.8. The van der Waals surface area contributed by atoms with Crippen molar-refractivity contribution in [3.63, 3.8) is 0 Å². The summed E-state index contributed by atoms with van der Waals surface area (Å²) in [7, 11) is 0. The summed E-state index contributed by atoms with van der Waals surface area (Å²) in [4.78, 5) is 13.6. The van der Waals surface area contributed by atoms with Crippen molar-refractivity contribution >= 4 is 50.9 Å². The highest BCUT2D eigenvalue weighted by Gasteiger charge is 2.28. The molecule has 0 saturated heterocycles. The first-order valence-corrected chi connectivity index (χ1v) is 8.28. The van der Waals surface area contributed by atoms with Crippen molar-refractivity contribution in [1.82, 2.24) is 0 Å². The van der Waals surface area contributed by atoms with Crippen LogP contribution in [0.3, 0.4) is 0 Å². The van der Waals surface area contributed by atoms with Gasteiger partial charge in [-0.3, -0.25) is 4.79 Å². The Morgan fingerprint density at radius 1 is 1.30 bits per heavy atom. The van der Waals surface area contributed by atoms with Crippen LogP contribution in [0.25, 0.3) is 0 Å². The molecule has 0 spiro atoms. The van der Waals surface area contributed by atoms with Gasteiger partial charge in [-0.2, -0.15) is 0 Å². The van der Waals surface area contributed by atoms with Crippen LogP contribution >= 0.6 is 39.3 Å². The fourth-order valence-electron chi connectivity index (χ4n) is 2.18. The van der Waals surface area contributed by atoms with Crippen molar-refractivity contribution < 1.29 is 4.79 Å². The highest BCUT2D eigenvalue weighted by Crippen LogP contribution is 2.39. The maximum absolute atomic E-state index is 12.4. The number of thioether (sulfide) groups is 1. The van der Waals surface area contributed by atoms with Gasteiger partial charge in [0.25, 0.3) is 0 Å². The second-order valence-electron chi connectivity index (χ2n) is 4.52. The van der Waals surface area contributed by atoms with Crippen LogP contribution < -0.4 is 5.32 Å². The van der Waals surface area contributed by atoms with Gasteiger partial charge in [-0.05, 0) is 45.8 Å². The molecule has 2 aromatic rings. The van der Waals surface area contributed by atoms with Gasteiger partial charge in [0, 0.05) is 20.8 Å². The first kappa shape index (κ1) is 14.0. The zero-order valence-corrected chi connectivity index (χ0v) is 13.6. The third kappa shape index (κ3) is 2.73. The molecular weight excluding hydrogens is 358 g/mol. The Labute approximate surface area is 135 Å². The maximum atomic E-state index is 12.4. The summed E-state index contributed by atoms with van der Waals surface area (Å²) in [6.07, 6.45) is 0. The fourth-order valence-corrected chi connectivity index (χ4v) is 3.91. The molecule has 0 aromatic heterocycles. The number of carbonyl (C=O) groups excluding carboxylic acids is 1. The summed E-state index contributed by atoms with van der Waals surface area (Å²) in [6, 6.07) is 13.4. The molecule has 102 valence electrons. The quantitative estimate of drug-likeness (QED) is 0.814. The van der Waals surface area contributed by atoms with Crippen molar-refractivity contribution in [3.05, 3.63) is 57.5 Å². The van der Waals surface area contributed by atoms with E-state index < -0.39 is 0 Å². The largest absolute Gasteiger partial charge is 0.325 e. The number of nitrogens with one attached hydrogen (secondary N) is 1.